The van der Waals surface area contributed by atoms with Crippen molar-refractivity contribution in [1.82, 2.24) is 14.3 Å². The van der Waals surface area contributed by atoms with E-state index in [0.717, 1.165) is 18.4 Å². The lowest BCUT2D eigenvalue weighted by molar-refractivity contribution is -0.140. The van der Waals surface area contributed by atoms with Crippen molar-refractivity contribution in [3.8, 4) is 17.0 Å². The molecule has 1 N–H and O–H groups in total. The van der Waals surface area contributed by atoms with Gasteiger partial charge in [0.15, 0.2) is 17.5 Å². The van der Waals surface area contributed by atoms with Crippen molar-refractivity contribution in [3.05, 3.63) is 52.3 Å². The zero-order valence-electron chi connectivity index (χ0n) is 17.2. The molecule has 0 aliphatic heterocycles. The number of halogens is 2. The summed E-state index contributed by atoms with van der Waals surface area (Å²) in [7, 11) is 1.52. The number of aliphatic hydroxyl groups is 1. The van der Waals surface area contributed by atoms with Crippen LogP contribution in [0.1, 0.15) is 38.5 Å². The second kappa shape index (κ2) is 9.69. The molecule has 2 aromatic heterocycles. The molecular weight excluding hydrogens is 425 g/mol. The Hall–Kier alpha value is -2.28. The van der Waals surface area contributed by atoms with E-state index in [-0.39, 0.29) is 5.91 Å². The van der Waals surface area contributed by atoms with Gasteiger partial charge in [-0.1, -0.05) is 49.2 Å². The average Bonchev–Trinajstić information content (AvgIpc) is 3.11. The number of nitrogens with zero attached hydrogens (tertiary/aromatic N) is 3. The molecule has 1 amide bonds. The molecule has 2 heterocycles. The van der Waals surface area contributed by atoms with Crippen molar-refractivity contribution in [2.45, 2.75) is 32.8 Å². The number of aliphatic hydroxyl groups excluding tert-OH is 1. The van der Waals surface area contributed by atoms with Crippen LogP contribution in [0.3, 0.4) is 0 Å². The first-order valence-corrected chi connectivity index (χ1v) is 10.6. The summed E-state index contributed by atoms with van der Waals surface area (Å²) >= 11 is 12.3. The van der Waals surface area contributed by atoms with E-state index < -0.39 is 6.10 Å². The highest BCUT2D eigenvalue weighted by atomic mass is 35.5. The van der Waals surface area contributed by atoms with Gasteiger partial charge < -0.3 is 14.7 Å². The van der Waals surface area contributed by atoms with Crippen LogP contribution in [0.2, 0.25) is 10.0 Å². The summed E-state index contributed by atoms with van der Waals surface area (Å²) < 4.78 is 7.06. The van der Waals surface area contributed by atoms with E-state index in [1.165, 1.54) is 7.11 Å². The van der Waals surface area contributed by atoms with Crippen LogP contribution in [-0.4, -0.2) is 45.5 Å². The van der Waals surface area contributed by atoms with Gasteiger partial charge >= 0.3 is 0 Å². The maximum atomic E-state index is 13.2. The van der Waals surface area contributed by atoms with Crippen molar-refractivity contribution in [3.63, 3.8) is 0 Å². The third-order valence-electron chi connectivity index (χ3n) is 4.82. The maximum absolute atomic E-state index is 13.2. The van der Waals surface area contributed by atoms with Crippen LogP contribution in [0.25, 0.3) is 16.9 Å². The zero-order valence-corrected chi connectivity index (χ0v) is 18.7. The minimum absolute atomic E-state index is 0.343. The predicted octanol–water partition coefficient (Wildman–Crippen LogP) is 5.00. The number of pyridine rings is 1. The van der Waals surface area contributed by atoms with Crippen molar-refractivity contribution in [1.29, 1.82) is 0 Å². The molecule has 0 radical (unpaired) electrons. The molecule has 0 saturated heterocycles. The highest BCUT2D eigenvalue weighted by molar-refractivity contribution is 6.31. The number of benzene rings is 1. The summed E-state index contributed by atoms with van der Waals surface area (Å²) in [5, 5.41) is 12.2. The second-order valence-electron chi connectivity index (χ2n) is 7.00. The van der Waals surface area contributed by atoms with E-state index >= 15 is 0 Å². The average molecular weight is 450 g/mol. The highest BCUT2D eigenvalue weighted by Gasteiger charge is 2.30. The monoisotopic (exact) mass is 449 g/mol. The first-order chi connectivity index (χ1) is 14.4. The van der Waals surface area contributed by atoms with E-state index in [4.69, 9.17) is 27.9 Å². The molecule has 0 saturated carbocycles. The number of methoxy groups -OCH3 is 1. The summed E-state index contributed by atoms with van der Waals surface area (Å²) in [6.07, 6.45) is 1.82. The Balaban J connectivity index is 2.22. The molecule has 0 fully saturated rings. The Morgan fingerprint density at radius 2 is 1.80 bits per heavy atom. The van der Waals surface area contributed by atoms with Gasteiger partial charge in [0, 0.05) is 35.9 Å². The van der Waals surface area contributed by atoms with Crippen molar-refractivity contribution >= 4 is 34.8 Å². The van der Waals surface area contributed by atoms with Gasteiger partial charge in [-0.3, -0.25) is 9.20 Å². The number of amides is 1. The molecule has 0 aliphatic rings. The number of rotatable bonds is 8. The van der Waals surface area contributed by atoms with Gasteiger partial charge in [-0.2, -0.15) is 0 Å². The molecule has 3 rings (SSSR count). The number of ether oxygens (including phenoxy) is 1. The fraction of sp³-hybridized carbons (Fsp3) is 0.364. The van der Waals surface area contributed by atoms with Gasteiger partial charge in [0.25, 0.3) is 5.91 Å². The van der Waals surface area contributed by atoms with Crippen LogP contribution in [0, 0.1) is 0 Å². The van der Waals surface area contributed by atoms with Crippen LogP contribution in [0.5, 0.6) is 5.75 Å². The normalized spacial score (nSPS) is 12.2. The number of fused-ring (bicyclic) bond motifs is 1. The maximum Gasteiger partial charge on any atom is 0.257 e. The van der Waals surface area contributed by atoms with Crippen molar-refractivity contribution in [2.24, 2.45) is 0 Å². The number of imidazole rings is 1. The predicted molar refractivity (Wildman–Crippen MR) is 119 cm³/mol. The lowest BCUT2D eigenvalue weighted by Crippen LogP contribution is -2.36. The first kappa shape index (κ1) is 22.4. The molecule has 30 heavy (non-hydrogen) atoms. The van der Waals surface area contributed by atoms with E-state index in [2.05, 4.69) is 4.98 Å². The van der Waals surface area contributed by atoms with Crippen LogP contribution >= 0.6 is 23.2 Å². The fourth-order valence-electron chi connectivity index (χ4n) is 3.49. The molecule has 8 heteroatoms. The van der Waals surface area contributed by atoms with Gasteiger partial charge in [-0.05, 0) is 25.0 Å². The fourth-order valence-corrected chi connectivity index (χ4v) is 3.82. The number of hydrogen-bond donors (Lipinski definition) is 1. The minimum Gasteiger partial charge on any atom is -0.493 e. The Bertz CT molecular complexity index is 1030. The van der Waals surface area contributed by atoms with Crippen LogP contribution in [0.15, 0.2) is 36.5 Å². The smallest absolute Gasteiger partial charge is 0.257 e. The third-order valence-corrected chi connectivity index (χ3v) is 5.28. The Kier molecular flexibility index (Phi) is 7.23. The summed E-state index contributed by atoms with van der Waals surface area (Å²) in [5.74, 6) is 0.0808. The zero-order chi connectivity index (χ0) is 21.8. The summed E-state index contributed by atoms with van der Waals surface area (Å²) in [5.41, 5.74) is 2.00. The van der Waals surface area contributed by atoms with E-state index in [1.54, 1.807) is 45.8 Å². The molecule has 160 valence electrons. The Labute approximate surface area is 186 Å². The first-order valence-electron chi connectivity index (χ1n) is 9.89. The standard InChI is InChI=1S/C22H25Cl2N3O3/c1-4-10-26(11-5-2)22(29)20(28)19-18(14-6-8-15(23)9-7-14)25-21-17(30-3)12-16(24)13-27(19)21/h6-9,12-13,20,28H,4-5,10-11H2,1-3H3. The lowest BCUT2D eigenvalue weighted by Gasteiger charge is -2.24. The largest absolute Gasteiger partial charge is 0.493 e. The molecule has 1 unspecified atom stereocenters. The molecule has 1 atom stereocenters. The van der Waals surface area contributed by atoms with Gasteiger partial charge in [0.1, 0.15) is 0 Å². The summed E-state index contributed by atoms with van der Waals surface area (Å²) in [6, 6.07) is 8.73. The van der Waals surface area contributed by atoms with Crippen molar-refractivity contribution < 1.29 is 14.6 Å². The van der Waals surface area contributed by atoms with E-state index in [1.807, 2.05) is 13.8 Å². The number of aromatic nitrogens is 2. The summed E-state index contributed by atoms with van der Waals surface area (Å²) in [4.78, 5) is 19.6. The Morgan fingerprint density at radius 3 is 2.37 bits per heavy atom. The molecule has 6 nitrogen and oxygen atoms in total. The molecule has 0 bridgehead atoms. The SMILES string of the molecule is CCCN(CCC)C(=O)C(O)c1c(-c2ccc(Cl)cc2)nc2c(OC)cc(Cl)cn12. The molecule has 3 aromatic rings. The van der Waals surface area contributed by atoms with Crippen LogP contribution < -0.4 is 4.74 Å². The Morgan fingerprint density at radius 1 is 1.17 bits per heavy atom. The molecular formula is C22H25Cl2N3O3. The van der Waals surface area contributed by atoms with Gasteiger partial charge in [0.2, 0.25) is 0 Å². The van der Waals surface area contributed by atoms with E-state index in [0.29, 0.717) is 45.9 Å². The van der Waals surface area contributed by atoms with Gasteiger partial charge in [0.05, 0.1) is 23.5 Å². The van der Waals surface area contributed by atoms with E-state index in [9.17, 15) is 9.90 Å². The molecule has 1 aromatic carbocycles. The quantitative estimate of drug-likeness (QED) is 0.525. The highest BCUT2D eigenvalue weighted by Crippen LogP contribution is 2.35. The second-order valence-corrected chi connectivity index (χ2v) is 7.87. The minimum atomic E-state index is -1.41. The topological polar surface area (TPSA) is 67.1 Å². The van der Waals surface area contributed by atoms with Crippen molar-refractivity contribution in [2.75, 3.05) is 20.2 Å². The number of carbonyl (C=O) groups excluding carboxylic acids is 1. The third kappa shape index (κ3) is 4.41. The van der Waals surface area contributed by atoms with Gasteiger partial charge in [-0.15, -0.1) is 0 Å². The summed E-state index contributed by atoms with van der Waals surface area (Å²) in [6.45, 7) is 5.14. The molecule has 0 spiro atoms. The number of carbonyl (C=O) groups is 1. The lowest BCUT2D eigenvalue weighted by atomic mass is 10.1. The number of hydrogen-bond acceptors (Lipinski definition) is 4. The van der Waals surface area contributed by atoms with Crippen LogP contribution in [-0.2, 0) is 4.79 Å². The van der Waals surface area contributed by atoms with Gasteiger partial charge in [-0.25, -0.2) is 4.98 Å². The van der Waals surface area contributed by atoms with Crippen LogP contribution in [0.4, 0.5) is 0 Å². The molecule has 0 aliphatic carbocycles.